The van der Waals surface area contributed by atoms with Crippen molar-refractivity contribution in [1.29, 1.82) is 0 Å². The Morgan fingerprint density at radius 3 is 2.81 bits per heavy atom. The van der Waals surface area contributed by atoms with Gasteiger partial charge < -0.3 is 15.2 Å². The fraction of sp³-hybridized carbons (Fsp3) is 0.455. The molecule has 0 heterocycles. The average molecular weight is 248 g/mol. The van der Waals surface area contributed by atoms with Gasteiger partial charge in [-0.25, -0.2) is 4.39 Å². The van der Waals surface area contributed by atoms with Crippen LogP contribution in [0.25, 0.3) is 0 Å². The van der Waals surface area contributed by atoms with Crippen molar-refractivity contribution in [3.05, 3.63) is 34.6 Å². The van der Waals surface area contributed by atoms with Gasteiger partial charge in [-0.3, -0.25) is 0 Å². The number of hydrogen-bond donors (Lipinski definition) is 1. The molecule has 0 bridgehead atoms. The van der Waals surface area contributed by atoms with Crippen LogP contribution in [0.3, 0.4) is 0 Å². The normalized spacial score (nSPS) is 12.8. The van der Waals surface area contributed by atoms with E-state index in [1.54, 1.807) is 19.2 Å². The van der Waals surface area contributed by atoms with Crippen molar-refractivity contribution in [2.24, 2.45) is 5.73 Å². The highest BCUT2D eigenvalue weighted by Crippen LogP contribution is 2.19. The van der Waals surface area contributed by atoms with E-state index in [4.69, 9.17) is 26.8 Å². The number of methoxy groups -OCH3 is 1. The Balaban J connectivity index is 2.49. The SMILES string of the molecule is COCCOCC(N)c1ccc(Cl)cc1F. The zero-order chi connectivity index (χ0) is 12.0. The molecule has 0 saturated carbocycles. The van der Waals surface area contributed by atoms with Crippen LogP contribution in [0, 0.1) is 5.82 Å². The molecule has 1 unspecified atom stereocenters. The molecule has 5 heteroatoms. The third-order valence-electron chi connectivity index (χ3n) is 2.09. The van der Waals surface area contributed by atoms with Gasteiger partial charge in [0.15, 0.2) is 0 Å². The molecule has 0 fully saturated rings. The van der Waals surface area contributed by atoms with E-state index < -0.39 is 11.9 Å². The summed E-state index contributed by atoms with van der Waals surface area (Å²) < 4.78 is 23.5. The number of rotatable bonds is 6. The maximum Gasteiger partial charge on any atom is 0.129 e. The van der Waals surface area contributed by atoms with Crippen molar-refractivity contribution in [2.75, 3.05) is 26.9 Å². The standard InChI is InChI=1S/C11H15ClFNO2/c1-15-4-5-16-7-11(14)9-3-2-8(12)6-10(9)13/h2-3,6,11H,4-5,7,14H2,1H3. The van der Waals surface area contributed by atoms with Crippen LogP contribution in [0.15, 0.2) is 18.2 Å². The number of halogens is 2. The largest absolute Gasteiger partial charge is 0.382 e. The summed E-state index contributed by atoms with van der Waals surface area (Å²) in [4.78, 5) is 0. The zero-order valence-electron chi connectivity index (χ0n) is 9.08. The maximum atomic E-state index is 13.4. The lowest BCUT2D eigenvalue weighted by Crippen LogP contribution is -2.19. The summed E-state index contributed by atoms with van der Waals surface area (Å²) >= 11 is 5.64. The Morgan fingerprint density at radius 2 is 2.19 bits per heavy atom. The number of ether oxygens (including phenoxy) is 2. The molecule has 0 amide bonds. The highest BCUT2D eigenvalue weighted by atomic mass is 35.5. The highest BCUT2D eigenvalue weighted by molar-refractivity contribution is 6.30. The summed E-state index contributed by atoms with van der Waals surface area (Å²) in [6.45, 7) is 1.19. The van der Waals surface area contributed by atoms with Crippen LogP contribution in [0.4, 0.5) is 4.39 Å². The monoisotopic (exact) mass is 247 g/mol. The minimum Gasteiger partial charge on any atom is -0.382 e. The zero-order valence-corrected chi connectivity index (χ0v) is 9.84. The molecule has 0 spiro atoms. The molecule has 1 rings (SSSR count). The number of nitrogens with two attached hydrogens (primary N) is 1. The Morgan fingerprint density at radius 1 is 1.44 bits per heavy atom. The molecule has 90 valence electrons. The second-order valence-electron chi connectivity index (χ2n) is 3.34. The van der Waals surface area contributed by atoms with Crippen LogP contribution in [-0.2, 0) is 9.47 Å². The molecule has 2 N–H and O–H groups in total. The summed E-state index contributed by atoms with van der Waals surface area (Å²) in [6.07, 6.45) is 0. The van der Waals surface area contributed by atoms with Crippen LogP contribution in [0.5, 0.6) is 0 Å². The van der Waals surface area contributed by atoms with Gasteiger partial charge in [-0.2, -0.15) is 0 Å². The molecule has 0 radical (unpaired) electrons. The molecule has 1 aromatic carbocycles. The minimum absolute atomic E-state index is 0.252. The first-order chi connectivity index (χ1) is 7.65. The van der Waals surface area contributed by atoms with E-state index in [-0.39, 0.29) is 6.61 Å². The van der Waals surface area contributed by atoms with Gasteiger partial charge in [0.2, 0.25) is 0 Å². The van der Waals surface area contributed by atoms with Crippen LogP contribution in [-0.4, -0.2) is 26.9 Å². The first-order valence-electron chi connectivity index (χ1n) is 4.92. The molecule has 0 aliphatic carbocycles. The Kier molecular flexibility index (Phi) is 5.69. The number of hydrogen-bond acceptors (Lipinski definition) is 3. The predicted octanol–water partition coefficient (Wildman–Crippen LogP) is 2.14. The van der Waals surface area contributed by atoms with Crippen LogP contribution in [0.2, 0.25) is 5.02 Å². The van der Waals surface area contributed by atoms with E-state index in [9.17, 15) is 4.39 Å². The molecule has 1 aromatic rings. The fourth-order valence-electron chi connectivity index (χ4n) is 1.24. The topological polar surface area (TPSA) is 44.5 Å². The summed E-state index contributed by atoms with van der Waals surface area (Å²) in [6, 6.07) is 3.93. The molecular formula is C11H15ClFNO2. The molecule has 16 heavy (non-hydrogen) atoms. The lowest BCUT2D eigenvalue weighted by atomic mass is 10.1. The van der Waals surface area contributed by atoms with Gasteiger partial charge in [0.25, 0.3) is 0 Å². The maximum absolute atomic E-state index is 13.4. The van der Waals surface area contributed by atoms with Crippen LogP contribution in [0.1, 0.15) is 11.6 Å². The second kappa shape index (κ2) is 6.81. The lowest BCUT2D eigenvalue weighted by molar-refractivity contribution is 0.0632. The first kappa shape index (κ1) is 13.4. The molecule has 3 nitrogen and oxygen atoms in total. The van der Waals surface area contributed by atoms with Gasteiger partial charge in [0.05, 0.1) is 25.9 Å². The Labute approximate surface area is 99.3 Å². The summed E-state index contributed by atoms with van der Waals surface area (Å²) in [5.41, 5.74) is 6.18. The summed E-state index contributed by atoms with van der Waals surface area (Å²) in [5, 5.41) is 0.355. The van der Waals surface area contributed by atoms with Crippen molar-refractivity contribution in [1.82, 2.24) is 0 Å². The predicted molar refractivity (Wildman–Crippen MR) is 61.0 cm³/mol. The van der Waals surface area contributed by atoms with Crippen molar-refractivity contribution in [2.45, 2.75) is 6.04 Å². The summed E-state index contributed by atoms with van der Waals surface area (Å²) in [5.74, 6) is -0.407. The number of benzene rings is 1. The van der Waals surface area contributed by atoms with E-state index in [1.165, 1.54) is 6.07 Å². The third-order valence-corrected chi connectivity index (χ3v) is 2.33. The van der Waals surface area contributed by atoms with Crippen molar-refractivity contribution in [3.8, 4) is 0 Å². The van der Waals surface area contributed by atoms with Gasteiger partial charge in [0, 0.05) is 17.7 Å². The first-order valence-corrected chi connectivity index (χ1v) is 5.30. The molecule has 1 atom stereocenters. The van der Waals surface area contributed by atoms with Crippen LogP contribution < -0.4 is 5.73 Å². The van der Waals surface area contributed by atoms with Crippen LogP contribution >= 0.6 is 11.6 Å². The van der Waals surface area contributed by atoms with Crippen molar-refractivity contribution >= 4 is 11.6 Å². The second-order valence-corrected chi connectivity index (χ2v) is 3.78. The van der Waals surface area contributed by atoms with Gasteiger partial charge in [-0.1, -0.05) is 17.7 Å². The van der Waals surface area contributed by atoms with Gasteiger partial charge in [-0.15, -0.1) is 0 Å². The molecule has 0 aliphatic heterocycles. The Bertz CT molecular complexity index is 336. The van der Waals surface area contributed by atoms with E-state index in [0.29, 0.717) is 23.8 Å². The van der Waals surface area contributed by atoms with E-state index in [0.717, 1.165) is 0 Å². The van der Waals surface area contributed by atoms with Gasteiger partial charge in [0.1, 0.15) is 5.82 Å². The fourth-order valence-corrected chi connectivity index (χ4v) is 1.40. The van der Waals surface area contributed by atoms with E-state index in [1.807, 2.05) is 0 Å². The van der Waals surface area contributed by atoms with E-state index >= 15 is 0 Å². The molecular weight excluding hydrogens is 233 g/mol. The Hall–Kier alpha value is -0.680. The quantitative estimate of drug-likeness (QED) is 0.784. The third kappa shape index (κ3) is 4.06. The van der Waals surface area contributed by atoms with Gasteiger partial charge in [-0.05, 0) is 12.1 Å². The summed E-state index contributed by atoms with van der Waals surface area (Å²) in [7, 11) is 1.59. The average Bonchev–Trinajstić information content (AvgIpc) is 2.24. The molecule has 0 saturated heterocycles. The highest BCUT2D eigenvalue weighted by Gasteiger charge is 2.11. The van der Waals surface area contributed by atoms with Crippen molar-refractivity contribution < 1.29 is 13.9 Å². The smallest absolute Gasteiger partial charge is 0.129 e. The minimum atomic E-state index is -0.492. The lowest BCUT2D eigenvalue weighted by Gasteiger charge is -2.13. The van der Waals surface area contributed by atoms with Crippen molar-refractivity contribution in [3.63, 3.8) is 0 Å². The van der Waals surface area contributed by atoms with E-state index in [2.05, 4.69) is 0 Å². The molecule has 0 aliphatic rings. The molecule has 0 aromatic heterocycles. The van der Waals surface area contributed by atoms with Gasteiger partial charge >= 0.3 is 0 Å².